The maximum absolute atomic E-state index is 11.4. The molecule has 0 saturated carbocycles. The van der Waals surface area contributed by atoms with Crippen LogP contribution in [0.5, 0.6) is 0 Å². The highest BCUT2D eigenvalue weighted by molar-refractivity contribution is 5.81. The van der Waals surface area contributed by atoms with Gasteiger partial charge in [0.05, 0.1) is 5.41 Å². The first-order chi connectivity index (χ1) is 14.8. The summed E-state index contributed by atoms with van der Waals surface area (Å²) in [5.74, 6) is 0.110. The van der Waals surface area contributed by atoms with Crippen LogP contribution >= 0.6 is 0 Å². The molecule has 0 spiro atoms. The fourth-order valence-corrected chi connectivity index (χ4v) is 2.32. The molecule has 0 bridgehead atoms. The zero-order valence-electron chi connectivity index (χ0n) is 23.8. The Morgan fingerprint density at radius 2 is 1.24 bits per heavy atom. The second-order valence-electron chi connectivity index (χ2n) is 11.6. The standard InChI is InChI=1S/C14H22.C9H19NO.C6H12O2/c1-6-11(2)12-7-9-13(10-8-12)14(3,4)5;1-6-9(4,5)8(11)10-7(2)3;1-4-6(2,3)5(7)8/h7-11H,6H2,1-5H3;7H,6H2,1-5H3,(H,10,11);4H2,1-3H3,(H,7,8). The predicted octanol–water partition coefficient (Wildman–Crippen LogP) is 7.95. The molecule has 0 aliphatic rings. The van der Waals surface area contributed by atoms with E-state index in [9.17, 15) is 9.59 Å². The molecular formula is C29H53NO3. The molecule has 1 aromatic rings. The van der Waals surface area contributed by atoms with Crippen molar-refractivity contribution in [3.63, 3.8) is 0 Å². The van der Waals surface area contributed by atoms with E-state index in [2.05, 4.69) is 64.2 Å². The van der Waals surface area contributed by atoms with Gasteiger partial charge in [-0.15, -0.1) is 0 Å². The number of hydrogen-bond acceptors (Lipinski definition) is 2. The molecule has 0 aliphatic heterocycles. The molecule has 0 aromatic heterocycles. The van der Waals surface area contributed by atoms with Gasteiger partial charge in [-0.25, -0.2) is 0 Å². The third kappa shape index (κ3) is 13.5. The number of amides is 1. The van der Waals surface area contributed by atoms with Crippen LogP contribution in [0.1, 0.15) is 126 Å². The monoisotopic (exact) mass is 463 g/mol. The zero-order chi connectivity index (χ0) is 26.6. The number of carbonyl (C=O) groups excluding carboxylic acids is 1. The highest BCUT2D eigenvalue weighted by Gasteiger charge is 2.25. The number of carbonyl (C=O) groups is 2. The van der Waals surface area contributed by atoms with Crippen LogP contribution in [-0.4, -0.2) is 23.0 Å². The molecule has 0 saturated heterocycles. The molecule has 1 amide bonds. The number of benzene rings is 1. The van der Waals surface area contributed by atoms with Crippen molar-refractivity contribution >= 4 is 11.9 Å². The summed E-state index contributed by atoms with van der Waals surface area (Å²) in [6.07, 6.45) is 2.78. The molecule has 1 rings (SSSR count). The average molecular weight is 464 g/mol. The highest BCUT2D eigenvalue weighted by Crippen LogP contribution is 2.25. The topological polar surface area (TPSA) is 66.4 Å². The van der Waals surface area contributed by atoms with Gasteiger partial charge in [-0.2, -0.15) is 0 Å². The molecule has 4 nitrogen and oxygen atoms in total. The Morgan fingerprint density at radius 3 is 1.48 bits per heavy atom. The Kier molecular flexibility index (Phi) is 14.6. The van der Waals surface area contributed by atoms with Crippen LogP contribution < -0.4 is 5.32 Å². The smallest absolute Gasteiger partial charge is 0.309 e. The van der Waals surface area contributed by atoms with Crippen LogP contribution in [0.4, 0.5) is 0 Å². The number of nitrogens with one attached hydrogen (secondary N) is 1. The second-order valence-corrected chi connectivity index (χ2v) is 11.6. The molecule has 0 heterocycles. The molecule has 1 atom stereocenters. The summed E-state index contributed by atoms with van der Waals surface area (Å²) in [6.45, 7) is 26.5. The molecule has 4 heteroatoms. The first-order valence-corrected chi connectivity index (χ1v) is 12.5. The molecule has 1 unspecified atom stereocenters. The molecule has 33 heavy (non-hydrogen) atoms. The van der Waals surface area contributed by atoms with Gasteiger partial charge in [0.15, 0.2) is 0 Å². The van der Waals surface area contributed by atoms with Crippen molar-refractivity contribution in [3.05, 3.63) is 35.4 Å². The Bertz CT molecular complexity index is 695. The van der Waals surface area contributed by atoms with Crippen molar-refractivity contribution in [2.24, 2.45) is 10.8 Å². The number of carboxylic acids is 1. The van der Waals surface area contributed by atoms with Gasteiger partial charge in [0.25, 0.3) is 0 Å². The maximum Gasteiger partial charge on any atom is 0.309 e. The van der Waals surface area contributed by atoms with Gasteiger partial charge in [-0.05, 0) is 69.4 Å². The van der Waals surface area contributed by atoms with E-state index in [-0.39, 0.29) is 22.8 Å². The lowest BCUT2D eigenvalue weighted by molar-refractivity contribution is -0.147. The van der Waals surface area contributed by atoms with Gasteiger partial charge < -0.3 is 10.4 Å². The lowest BCUT2D eigenvalue weighted by Gasteiger charge is -2.22. The minimum Gasteiger partial charge on any atom is -0.481 e. The number of rotatable bonds is 7. The van der Waals surface area contributed by atoms with E-state index in [1.165, 1.54) is 17.5 Å². The van der Waals surface area contributed by atoms with Gasteiger partial charge in [0, 0.05) is 11.5 Å². The van der Waals surface area contributed by atoms with Gasteiger partial charge in [0.1, 0.15) is 0 Å². The number of carboxylic acid groups (broad SMARTS) is 1. The van der Waals surface area contributed by atoms with E-state index in [4.69, 9.17) is 5.11 Å². The first-order valence-electron chi connectivity index (χ1n) is 12.5. The summed E-state index contributed by atoms with van der Waals surface area (Å²) in [6, 6.07) is 9.32. The molecular weight excluding hydrogens is 410 g/mol. The molecule has 0 radical (unpaired) electrons. The average Bonchev–Trinajstić information content (AvgIpc) is 2.72. The van der Waals surface area contributed by atoms with Crippen molar-refractivity contribution in [2.75, 3.05) is 0 Å². The third-order valence-corrected chi connectivity index (χ3v) is 6.34. The summed E-state index contributed by atoms with van der Waals surface area (Å²) in [7, 11) is 0. The third-order valence-electron chi connectivity index (χ3n) is 6.34. The molecule has 1 aromatic carbocycles. The Hall–Kier alpha value is -1.84. The van der Waals surface area contributed by atoms with E-state index in [0.29, 0.717) is 12.3 Å². The summed E-state index contributed by atoms with van der Waals surface area (Å²) >= 11 is 0. The van der Waals surface area contributed by atoms with Crippen molar-refractivity contribution in [2.45, 2.75) is 127 Å². The summed E-state index contributed by atoms with van der Waals surface area (Å²) in [5.41, 5.74) is 2.39. The fourth-order valence-electron chi connectivity index (χ4n) is 2.32. The summed E-state index contributed by atoms with van der Waals surface area (Å²) < 4.78 is 0. The SMILES string of the molecule is CCC(C)(C)C(=O)NC(C)C.CCC(C)(C)C(=O)O.CCC(C)c1ccc(C(C)(C)C)cc1. The van der Waals surface area contributed by atoms with Crippen molar-refractivity contribution in [1.82, 2.24) is 5.32 Å². The number of aliphatic carboxylic acids is 1. The van der Waals surface area contributed by atoms with Crippen LogP contribution in [0.25, 0.3) is 0 Å². The zero-order valence-corrected chi connectivity index (χ0v) is 23.8. The minimum atomic E-state index is -0.722. The van der Waals surface area contributed by atoms with E-state index in [1.54, 1.807) is 13.8 Å². The Labute approximate surface area is 205 Å². The van der Waals surface area contributed by atoms with Crippen molar-refractivity contribution in [3.8, 4) is 0 Å². The quantitative estimate of drug-likeness (QED) is 0.431. The van der Waals surface area contributed by atoms with Gasteiger partial charge in [0.2, 0.25) is 5.91 Å². The van der Waals surface area contributed by atoms with Crippen LogP contribution in [0.3, 0.4) is 0 Å². The lowest BCUT2D eigenvalue weighted by atomic mass is 9.85. The van der Waals surface area contributed by atoms with E-state index in [0.717, 1.165) is 6.42 Å². The van der Waals surface area contributed by atoms with Gasteiger partial charge >= 0.3 is 5.97 Å². The Balaban J connectivity index is 0. The van der Waals surface area contributed by atoms with Gasteiger partial charge in [-0.1, -0.05) is 86.6 Å². The maximum atomic E-state index is 11.4. The van der Waals surface area contributed by atoms with Crippen molar-refractivity contribution < 1.29 is 14.7 Å². The largest absolute Gasteiger partial charge is 0.481 e. The minimum absolute atomic E-state index is 0.148. The van der Waals surface area contributed by atoms with E-state index >= 15 is 0 Å². The van der Waals surface area contributed by atoms with Crippen molar-refractivity contribution in [1.29, 1.82) is 0 Å². The van der Waals surface area contributed by atoms with Crippen LogP contribution in [0.2, 0.25) is 0 Å². The van der Waals surface area contributed by atoms with E-state index < -0.39 is 11.4 Å². The second kappa shape index (κ2) is 14.4. The number of hydrogen-bond donors (Lipinski definition) is 2. The Morgan fingerprint density at radius 1 is 0.818 bits per heavy atom. The molecule has 192 valence electrons. The van der Waals surface area contributed by atoms with Crippen LogP contribution in [-0.2, 0) is 15.0 Å². The summed E-state index contributed by atoms with van der Waals surface area (Å²) in [4.78, 5) is 21.6. The molecule has 2 N–H and O–H groups in total. The highest BCUT2D eigenvalue weighted by atomic mass is 16.4. The normalized spacial score (nSPS) is 12.7. The molecule has 0 fully saturated rings. The predicted molar refractivity (Wildman–Crippen MR) is 143 cm³/mol. The van der Waals surface area contributed by atoms with Gasteiger partial charge in [-0.3, -0.25) is 9.59 Å². The lowest BCUT2D eigenvalue weighted by Crippen LogP contribution is -2.40. The summed E-state index contributed by atoms with van der Waals surface area (Å²) in [5, 5.41) is 11.3. The first kappa shape index (κ1) is 33.3. The van der Waals surface area contributed by atoms with Crippen LogP contribution in [0, 0.1) is 10.8 Å². The molecule has 0 aliphatic carbocycles. The fraction of sp³-hybridized carbons (Fsp3) is 0.724. The van der Waals surface area contributed by atoms with E-state index in [1.807, 2.05) is 41.5 Å². The van der Waals surface area contributed by atoms with Crippen LogP contribution in [0.15, 0.2) is 24.3 Å².